The topological polar surface area (TPSA) is 88.4 Å². The first-order valence-corrected chi connectivity index (χ1v) is 30.2. The second-order valence-electron chi connectivity index (χ2n) is 26.1. The lowest BCUT2D eigenvalue weighted by Crippen LogP contribution is -2.24. The monoisotopic (exact) mass is 1120 g/mol. The Labute approximate surface area is 499 Å². The van der Waals surface area contributed by atoms with E-state index in [-0.39, 0.29) is 34.6 Å². The Hall–Kier alpha value is -8.22. The Morgan fingerprint density at radius 2 is 0.524 bits per heavy atom. The molecule has 6 nitrogen and oxygen atoms in total. The lowest BCUT2D eigenvalue weighted by Gasteiger charge is -2.35. The van der Waals surface area contributed by atoms with Gasteiger partial charge >= 0.3 is 0 Å². The van der Waals surface area contributed by atoms with E-state index in [4.69, 9.17) is 14.2 Å². The number of rotatable bonds is 9. The van der Waals surface area contributed by atoms with Crippen molar-refractivity contribution < 1.29 is 29.5 Å². The lowest BCUT2D eigenvalue weighted by molar-refractivity contribution is 0.130. The number of aryl methyl sites for hydroxylation is 3. The molecule has 3 aliphatic rings. The highest BCUT2D eigenvalue weighted by molar-refractivity contribution is 5.52. The van der Waals surface area contributed by atoms with Crippen molar-refractivity contribution in [2.24, 2.45) is 0 Å². The second kappa shape index (κ2) is 25.3. The van der Waals surface area contributed by atoms with Crippen molar-refractivity contribution in [3.05, 3.63) is 285 Å². The minimum absolute atomic E-state index is 0.203. The summed E-state index contributed by atoms with van der Waals surface area (Å²) >= 11 is 0. The molecule has 0 aromatic heterocycles. The molecule has 84 heavy (non-hydrogen) atoms. The molecule has 432 valence electrons. The molecule has 3 N–H and O–H groups in total. The van der Waals surface area contributed by atoms with Crippen LogP contribution in [0.3, 0.4) is 0 Å². The number of hydrogen-bond donors (Lipinski definition) is 3. The highest BCUT2D eigenvalue weighted by Crippen LogP contribution is 2.50. The summed E-state index contributed by atoms with van der Waals surface area (Å²) in [5.41, 5.74) is 15.5. The zero-order valence-corrected chi connectivity index (χ0v) is 50.6. The van der Waals surface area contributed by atoms with Crippen molar-refractivity contribution in [1.82, 2.24) is 0 Å². The Balaban J connectivity index is 0.000000140. The van der Waals surface area contributed by atoms with Gasteiger partial charge in [-0.3, -0.25) is 0 Å². The maximum absolute atomic E-state index is 9.76. The van der Waals surface area contributed by atoms with Gasteiger partial charge in [0, 0.05) is 17.8 Å². The number of ether oxygens (including phenoxy) is 3. The van der Waals surface area contributed by atoms with Crippen molar-refractivity contribution in [2.45, 2.75) is 153 Å². The Morgan fingerprint density at radius 3 is 0.750 bits per heavy atom. The largest absolute Gasteiger partial charge is 0.508 e. The first-order valence-electron chi connectivity index (χ1n) is 30.2. The number of fused-ring (bicyclic) bond motifs is 3. The molecule has 0 radical (unpaired) electrons. The number of aromatic hydroxyl groups is 3. The molecule has 0 fully saturated rings. The Kier molecular flexibility index (Phi) is 17.8. The Bertz CT molecular complexity index is 3190. The average Bonchev–Trinajstić information content (AvgIpc) is 1.34. The molecule has 12 rings (SSSR count). The summed E-state index contributed by atoms with van der Waals surface area (Å²) in [6, 6.07) is 75.2. The van der Waals surface area contributed by atoms with E-state index in [1.54, 1.807) is 36.4 Å². The molecule has 3 aliphatic carbocycles. The van der Waals surface area contributed by atoms with Crippen LogP contribution in [0.1, 0.15) is 184 Å². The predicted octanol–water partition coefficient (Wildman–Crippen LogP) is 19.3. The third-order valence-corrected chi connectivity index (χ3v) is 16.4. The summed E-state index contributed by atoms with van der Waals surface area (Å²) in [6.45, 7) is 18.7. The van der Waals surface area contributed by atoms with Crippen molar-refractivity contribution in [3.8, 4) is 34.5 Å². The van der Waals surface area contributed by atoms with Crippen LogP contribution in [0.15, 0.2) is 218 Å². The van der Waals surface area contributed by atoms with E-state index >= 15 is 0 Å². The molecule has 6 atom stereocenters. The van der Waals surface area contributed by atoms with Crippen molar-refractivity contribution in [3.63, 3.8) is 0 Å². The summed E-state index contributed by atoms with van der Waals surface area (Å²) in [5, 5.41) is 29.3. The van der Waals surface area contributed by atoms with E-state index in [0.29, 0.717) is 35.0 Å². The Morgan fingerprint density at radius 1 is 0.286 bits per heavy atom. The van der Waals surface area contributed by atoms with Gasteiger partial charge in [0.25, 0.3) is 0 Å². The molecule has 1 unspecified atom stereocenters. The maximum Gasteiger partial charge on any atom is 0.120 e. The third kappa shape index (κ3) is 14.7. The average molecular weight is 1120 g/mol. The predicted molar refractivity (Wildman–Crippen MR) is 343 cm³/mol. The van der Waals surface area contributed by atoms with Crippen LogP contribution in [0.25, 0.3) is 0 Å². The molecule has 9 aromatic carbocycles. The van der Waals surface area contributed by atoms with E-state index in [2.05, 4.69) is 244 Å². The summed E-state index contributed by atoms with van der Waals surface area (Å²) in [4.78, 5) is 0. The second-order valence-corrected chi connectivity index (χ2v) is 26.1. The lowest BCUT2D eigenvalue weighted by atomic mass is 9.69. The molecule has 6 heteroatoms. The van der Waals surface area contributed by atoms with Gasteiger partial charge in [-0.15, -0.1) is 0 Å². The molecular formula is C78H84O6. The standard InChI is InChI=1S/3C26H28O2/c3*1-26(2,3)28-22-14-16-24-20(17-22)11-15-23(18-7-5-4-6-8-18)25(24)19-9-12-21(27)13-10-19/h3*4-10,12-14,16-17,23,25,27H,11,15H2,1-3H3/t23-,25?;2*23-,25+/m110/s1. The van der Waals surface area contributed by atoms with Gasteiger partial charge in [-0.2, -0.15) is 0 Å². The molecule has 0 heterocycles. The summed E-state index contributed by atoms with van der Waals surface area (Å²) in [5.74, 6) is 5.84. The van der Waals surface area contributed by atoms with Crippen LogP contribution in [0.4, 0.5) is 0 Å². The fourth-order valence-corrected chi connectivity index (χ4v) is 13.1. The maximum atomic E-state index is 9.76. The van der Waals surface area contributed by atoms with Crippen molar-refractivity contribution in [2.75, 3.05) is 0 Å². The van der Waals surface area contributed by atoms with Crippen molar-refractivity contribution in [1.29, 1.82) is 0 Å². The highest BCUT2D eigenvalue weighted by Gasteiger charge is 2.36. The third-order valence-electron chi connectivity index (χ3n) is 16.4. The molecule has 0 spiro atoms. The fourth-order valence-electron chi connectivity index (χ4n) is 13.1. The van der Waals surface area contributed by atoms with Gasteiger partial charge in [0.1, 0.15) is 51.3 Å². The summed E-state index contributed by atoms with van der Waals surface area (Å²) < 4.78 is 18.3. The number of benzene rings is 9. The SMILES string of the molecule is CC(C)(C)Oc1ccc2c(c1)CC[C@@H](c1ccccc1)[C@H]2c1ccc(O)cc1.CC(C)(C)Oc1ccc2c(c1)CC[C@H](c1ccccc1)C2c1ccc(O)cc1.CC(C)(C)Oc1ccc2c(c1)CC[C@H](c1ccccc1)[C@@H]2c1ccc(O)cc1. The quantitative estimate of drug-likeness (QED) is 0.133. The van der Waals surface area contributed by atoms with Crippen LogP contribution in [-0.4, -0.2) is 32.1 Å². The van der Waals surface area contributed by atoms with Gasteiger partial charge in [0.15, 0.2) is 0 Å². The normalized spacial score (nSPS) is 19.1. The van der Waals surface area contributed by atoms with Gasteiger partial charge < -0.3 is 29.5 Å². The van der Waals surface area contributed by atoms with E-state index in [1.165, 1.54) is 66.8 Å². The smallest absolute Gasteiger partial charge is 0.120 e. The van der Waals surface area contributed by atoms with E-state index in [1.807, 2.05) is 0 Å². The van der Waals surface area contributed by atoms with Gasteiger partial charge in [-0.1, -0.05) is 146 Å². The zero-order chi connectivity index (χ0) is 59.2. The van der Waals surface area contributed by atoms with E-state index < -0.39 is 0 Å². The summed E-state index contributed by atoms with van der Waals surface area (Å²) in [7, 11) is 0. The minimum atomic E-state index is -0.203. The molecule has 0 aliphatic heterocycles. The van der Waals surface area contributed by atoms with E-state index in [9.17, 15) is 15.3 Å². The van der Waals surface area contributed by atoms with Crippen molar-refractivity contribution >= 4 is 0 Å². The van der Waals surface area contributed by atoms with Crippen LogP contribution >= 0.6 is 0 Å². The molecule has 0 amide bonds. The van der Waals surface area contributed by atoms with Gasteiger partial charge in [0.05, 0.1) is 0 Å². The van der Waals surface area contributed by atoms with E-state index in [0.717, 1.165) is 55.8 Å². The summed E-state index contributed by atoms with van der Waals surface area (Å²) in [6.07, 6.45) is 6.44. The first-order chi connectivity index (χ1) is 40.2. The van der Waals surface area contributed by atoms with Crippen LogP contribution in [0, 0.1) is 0 Å². The van der Waals surface area contributed by atoms with Crippen LogP contribution in [0.2, 0.25) is 0 Å². The number of hydrogen-bond acceptors (Lipinski definition) is 6. The molecule has 9 aromatic rings. The van der Waals surface area contributed by atoms with Crippen LogP contribution in [0.5, 0.6) is 34.5 Å². The zero-order valence-electron chi connectivity index (χ0n) is 50.6. The van der Waals surface area contributed by atoms with Gasteiger partial charge in [-0.25, -0.2) is 0 Å². The first kappa shape index (κ1) is 59.0. The number of phenolic OH excluding ortho intramolecular Hbond substituents is 3. The van der Waals surface area contributed by atoms with Gasteiger partial charge in [0.2, 0.25) is 0 Å². The van der Waals surface area contributed by atoms with Crippen LogP contribution in [-0.2, 0) is 19.3 Å². The molecular weight excluding hydrogens is 1030 g/mol. The highest BCUT2D eigenvalue weighted by atomic mass is 16.5. The van der Waals surface area contributed by atoms with Crippen LogP contribution < -0.4 is 14.2 Å². The molecule has 0 bridgehead atoms. The molecule has 0 saturated heterocycles. The fraction of sp³-hybridized carbons (Fsp3) is 0.308. The number of phenols is 3. The molecule has 0 saturated carbocycles. The minimum Gasteiger partial charge on any atom is -0.508 e. The van der Waals surface area contributed by atoms with Gasteiger partial charge in [-0.05, 0) is 258 Å².